The zero-order valence-electron chi connectivity index (χ0n) is 9.40. The van der Waals surface area contributed by atoms with Gasteiger partial charge in [-0.25, -0.2) is 18.4 Å². The topological polar surface area (TPSA) is 80.9 Å². The minimum absolute atomic E-state index is 0.252. The Morgan fingerprint density at radius 2 is 2.26 bits per heavy atom. The van der Waals surface area contributed by atoms with Crippen molar-refractivity contribution in [2.24, 2.45) is 0 Å². The van der Waals surface area contributed by atoms with Gasteiger partial charge < -0.3 is 5.11 Å². The van der Waals surface area contributed by atoms with Gasteiger partial charge in [0.25, 0.3) is 6.43 Å². The van der Waals surface area contributed by atoms with Crippen molar-refractivity contribution < 1.29 is 18.7 Å². The normalized spacial score (nSPS) is 10.9. The maximum Gasteiger partial charge on any atom is 0.313 e. The second-order valence-corrected chi connectivity index (χ2v) is 4.36. The summed E-state index contributed by atoms with van der Waals surface area (Å²) in [6, 6.07) is 1.15. The van der Waals surface area contributed by atoms with E-state index in [0.29, 0.717) is 0 Å². The van der Waals surface area contributed by atoms with Crippen LogP contribution >= 0.6 is 11.8 Å². The SMILES string of the molecule is O=C(O)CSc1cc(C(F)F)nn1-c1cnccn1. The first-order valence-electron chi connectivity index (χ1n) is 5.07. The molecule has 0 unspecified atom stereocenters. The molecule has 0 aliphatic carbocycles. The first kappa shape index (κ1) is 13.4. The van der Waals surface area contributed by atoms with Crippen molar-refractivity contribution in [3.63, 3.8) is 0 Å². The molecule has 2 aromatic heterocycles. The van der Waals surface area contributed by atoms with Gasteiger partial charge in [0.05, 0.1) is 11.9 Å². The Morgan fingerprint density at radius 1 is 1.47 bits per heavy atom. The lowest BCUT2D eigenvalue weighted by molar-refractivity contribution is -0.133. The van der Waals surface area contributed by atoms with Gasteiger partial charge in [0.1, 0.15) is 10.7 Å². The van der Waals surface area contributed by atoms with Crippen LogP contribution in [0.3, 0.4) is 0 Å². The molecule has 0 aromatic carbocycles. The van der Waals surface area contributed by atoms with Crippen LogP contribution in [0.25, 0.3) is 5.82 Å². The van der Waals surface area contributed by atoms with E-state index in [1.807, 2.05) is 0 Å². The molecule has 0 amide bonds. The molecule has 9 heteroatoms. The Balaban J connectivity index is 2.37. The van der Waals surface area contributed by atoms with E-state index in [9.17, 15) is 13.6 Å². The molecule has 2 aromatic rings. The summed E-state index contributed by atoms with van der Waals surface area (Å²) in [4.78, 5) is 18.3. The average molecular weight is 286 g/mol. The van der Waals surface area contributed by atoms with Gasteiger partial charge in [0.15, 0.2) is 5.82 Å². The molecule has 0 spiro atoms. The van der Waals surface area contributed by atoms with E-state index in [0.717, 1.165) is 22.5 Å². The standard InChI is InChI=1S/C10H8F2N4O2S/c11-10(12)6-3-8(19-5-9(17)18)16(15-6)7-4-13-1-2-14-7/h1-4,10H,5H2,(H,17,18). The van der Waals surface area contributed by atoms with Crippen LogP contribution in [-0.2, 0) is 4.79 Å². The Morgan fingerprint density at radius 3 is 2.84 bits per heavy atom. The molecule has 2 heterocycles. The first-order valence-corrected chi connectivity index (χ1v) is 6.05. The summed E-state index contributed by atoms with van der Waals surface area (Å²) < 4.78 is 26.4. The molecule has 0 aliphatic heterocycles. The monoisotopic (exact) mass is 286 g/mol. The van der Waals surface area contributed by atoms with E-state index in [4.69, 9.17) is 5.11 Å². The molecule has 6 nitrogen and oxygen atoms in total. The number of hydrogen-bond acceptors (Lipinski definition) is 5. The van der Waals surface area contributed by atoms with Gasteiger partial charge in [0.2, 0.25) is 0 Å². The van der Waals surface area contributed by atoms with Crippen molar-refractivity contribution in [1.29, 1.82) is 0 Å². The molecular weight excluding hydrogens is 278 g/mol. The van der Waals surface area contributed by atoms with Crippen LogP contribution in [-0.4, -0.2) is 36.6 Å². The molecule has 0 fully saturated rings. The highest BCUT2D eigenvalue weighted by molar-refractivity contribution is 7.99. The minimum atomic E-state index is -2.73. The van der Waals surface area contributed by atoms with Gasteiger partial charge in [-0.15, -0.1) is 0 Å². The average Bonchev–Trinajstić information content (AvgIpc) is 2.81. The van der Waals surface area contributed by atoms with Crippen LogP contribution in [0.2, 0.25) is 0 Å². The fraction of sp³-hybridized carbons (Fsp3) is 0.200. The Kier molecular flexibility index (Phi) is 4.05. The zero-order chi connectivity index (χ0) is 13.8. The van der Waals surface area contributed by atoms with Crippen LogP contribution < -0.4 is 0 Å². The van der Waals surface area contributed by atoms with Gasteiger partial charge in [-0.1, -0.05) is 11.8 Å². The lowest BCUT2D eigenvalue weighted by Gasteiger charge is -2.03. The third-order valence-corrected chi connectivity index (χ3v) is 3.01. The van der Waals surface area contributed by atoms with Crippen molar-refractivity contribution in [2.75, 3.05) is 5.75 Å². The summed E-state index contributed by atoms with van der Waals surface area (Å²) in [5, 5.41) is 12.6. The predicted octanol–water partition coefficient (Wildman–Crippen LogP) is 1.78. The highest BCUT2D eigenvalue weighted by Crippen LogP contribution is 2.26. The van der Waals surface area contributed by atoms with E-state index in [1.165, 1.54) is 18.6 Å². The van der Waals surface area contributed by atoms with Crippen molar-refractivity contribution in [3.05, 3.63) is 30.4 Å². The Hall–Kier alpha value is -2.03. The number of hydrogen-bond donors (Lipinski definition) is 1. The van der Waals surface area contributed by atoms with Crippen molar-refractivity contribution in [3.8, 4) is 5.82 Å². The quantitative estimate of drug-likeness (QED) is 0.844. The number of carboxylic acids is 1. The van der Waals surface area contributed by atoms with Gasteiger partial charge in [-0.05, 0) is 6.07 Å². The number of halogens is 2. The van der Waals surface area contributed by atoms with Gasteiger partial charge in [-0.2, -0.15) is 5.10 Å². The Bertz CT molecular complexity index is 576. The maximum atomic E-state index is 12.6. The van der Waals surface area contributed by atoms with Crippen molar-refractivity contribution in [1.82, 2.24) is 19.7 Å². The molecule has 1 N–H and O–H groups in total. The van der Waals surface area contributed by atoms with Crippen LogP contribution in [0, 0.1) is 0 Å². The third-order valence-electron chi connectivity index (χ3n) is 2.03. The molecule has 0 aliphatic rings. The number of rotatable bonds is 5. The van der Waals surface area contributed by atoms with E-state index in [1.54, 1.807) is 0 Å². The molecular formula is C10H8F2N4O2S. The van der Waals surface area contributed by atoms with Crippen LogP contribution in [0.5, 0.6) is 0 Å². The molecule has 2 rings (SSSR count). The summed E-state index contributed by atoms with van der Waals surface area (Å²) in [5.41, 5.74) is -0.432. The van der Waals surface area contributed by atoms with Crippen LogP contribution in [0.15, 0.2) is 29.7 Å². The highest BCUT2D eigenvalue weighted by Gasteiger charge is 2.18. The molecule has 0 bridgehead atoms. The van der Waals surface area contributed by atoms with E-state index < -0.39 is 18.1 Å². The molecule has 100 valence electrons. The van der Waals surface area contributed by atoms with E-state index in [-0.39, 0.29) is 16.6 Å². The number of nitrogens with zero attached hydrogens (tertiary/aromatic N) is 4. The maximum absolute atomic E-state index is 12.6. The highest BCUT2D eigenvalue weighted by atomic mass is 32.2. The number of aromatic nitrogens is 4. The Labute approximate surface area is 110 Å². The third kappa shape index (κ3) is 3.25. The lowest BCUT2D eigenvalue weighted by Crippen LogP contribution is -2.04. The van der Waals surface area contributed by atoms with Crippen LogP contribution in [0.1, 0.15) is 12.1 Å². The first-order chi connectivity index (χ1) is 9.08. The second-order valence-electron chi connectivity index (χ2n) is 3.37. The van der Waals surface area contributed by atoms with E-state index >= 15 is 0 Å². The molecule has 19 heavy (non-hydrogen) atoms. The largest absolute Gasteiger partial charge is 0.481 e. The van der Waals surface area contributed by atoms with Crippen molar-refractivity contribution >= 4 is 17.7 Å². The zero-order valence-corrected chi connectivity index (χ0v) is 10.2. The van der Waals surface area contributed by atoms with Crippen molar-refractivity contribution in [2.45, 2.75) is 11.5 Å². The second kappa shape index (κ2) is 5.74. The number of aliphatic carboxylic acids is 1. The predicted molar refractivity (Wildman–Crippen MR) is 62.5 cm³/mol. The summed E-state index contributed by atoms with van der Waals surface area (Å²) >= 11 is 0.888. The molecule has 0 atom stereocenters. The number of carboxylic acid groups (broad SMARTS) is 1. The summed E-state index contributed by atoms with van der Waals surface area (Å²) in [6.07, 6.45) is 1.45. The summed E-state index contributed by atoms with van der Waals surface area (Å²) in [6.45, 7) is 0. The van der Waals surface area contributed by atoms with Gasteiger partial charge >= 0.3 is 5.97 Å². The summed E-state index contributed by atoms with van der Waals surface area (Å²) in [7, 11) is 0. The fourth-order valence-electron chi connectivity index (χ4n) is 1.29. The van der Waals surface area contributed by atoms with Gasteiger partial charge in [-0.3, -0.25) is 9.78 Å². The molecule has 0 radical (unpaired) electrons. The number of thioether (sulfide) groups is 1. The molecule has 0 saturated carbocycles. The smallest absolute Gasteiger partial charge is 0.313 e. The van der Waals surface area contributed by atoms with Gasteiger partial charge in [0, 0.05) is 12.4 Å². The number of alkyl halides is 2. The van der Waals surface area contributed by atoms with E-state index in [2.05, 4.69) is 15.1 Å². The summed E-state index contributed by atoms with van der Waals surface area (Å²) in [5.74, 6) is -1.05. The molecule has 0 saturated heterocycles. The van der Waals surface area contributed by atoms with Crippen LogP contribution in [0.4, 0.5) is 8.78 Å². The fourth-order valence-corrected chi connectivity index (χ4v) is 2.02. The number of carbonyl (C=O) groups is 1. The lowest BCUT2D eigenvalue weighted by atomic mass is 10.5. The minimum Gasteiger partial charge on any atom is -0.481 e.